The maximum Gasteiger partial charge on any atom is 0.174 e. The zero-order valence-corrected chi connectivity index (χ0v) is 8.66. The third-order valence-electron chi connectivity index (χ3n) is 2.36. The Morgan fingerprint density at radius 3 is 2.64 bits per heavy atom. The Morgan fingerprint density at radius 1 is 1.29 bits per heavy atom. The van der Waals surface area contributed by atoms with Crippen molar-refractivity contribution in [2.75, 3.05) is 5.73 Å². The Hall–Kier alpha value is -1.51. The van der Waals surface area contributed by atoms with Crippen molar-refractivity contribution in [1.82, 2.24) is 5.16 Å². The molecule has 1 aromatic carbocycles. The first-order valence-corrected chi connectivity index (χ1v) is 4.64. The molecule has 0 bridgehead atoms. The van der Waals surface area contributed by atoms with E-state index < -0.39 is 0 Å². The Labute approximate surface area is 82.9 Å². The number of hydrogen-bond donors (Lipinski definition) is 1. The summed E-state index contributed by atoms with van der Waals surface area (Å²) in [6, 6.07) is 6.01. The third kappa shape index (κ3) is 1.35. The number of hydrogen-bond acceptors (Lipinski definition) is 3. The lowest BCUT2D eigenvalue weighted by molar-refractivity contribution is 0.460. The van der Waals surface area contributed by atoms with Crippen molar-refractivity contribution in [3.05, 3.63) is 23.8 Å². The van der Waals surface area contributed by atoms with Gasteiger partial charge in [-0.05, 0) is 23.1 Å². The number of nitrogen functional groups attached to an aromatic ring is 1. The van der Waals surface area contributed by atoms with E-state index in [9.17, 15) is 0 Å². The first-order chi connectivity index (χ1) is 6.48. The normalized spacial score (nSPS) is 12.2. The summed E-state index contributed by atoms with van der Waals surface area (Å²) in [7, 11) is 0. The van der Waals surface area contributed by atoms with E-state index in [2.05, 4.69) is 25.9 Å². The Morgan fingerprint density at radius 2 is 2.00 bits per heavy atom. The molecule has 0 aliphatic carbocycles. The van der Waals surface area contributed by atoms with Crippen molar-refractivity contribution in [3.8, 4) is 0 Å². The largest absolute Gasteiger partial charge is 0.380 e. The standard InChI is InChI=1S/C11H14N2O/c1-11(2,3)7-4-5-9-8(6-7)10(12)13-14-9/h4-6H,1-3H3,(H2,12,13). The third-order valence-corrected chi connectivity index (χ3v) is 2.36. The highest BCUT2D eigenvalue weighted by Crippen LogP contribution is 2.28. The zero-order chi connectivity index (χ0) is 10.3. The fraction of sp³-hybridized carbons (Fsp3) is 0.364. The summed E-state index contributed by atoms with van der Waals surface area (Å²) >= 11 is 0. The van der Waals surface area contributed by atoms with Crippen molar-refractivity contribution in [2.45, 2.75) is 26.2 Å². The molecule has 0 atom stereocenters. The number of anilines is 1. The van der Waals surface area contributed by atoms with Gasteiger partial charge in [0.25, 0.3) is 0 Å². The molecule has 2 rings (SSSR count). The lowest BCUT2D eigenvalue weighted by atomic mass is 9.86. The van der Waals surface area contributed by atoms with Crippen LogP contribution in [0.2, 0.25) is 0 Å². The van der Waals surface area contributed by atoms with Crippen LogP contribution in [0.5, 0.6) is 0 Å². The molecule has 3 heteroatoms. The van der Waals surface area contributed by atoms with E-state index in [1.807, 2.05) is 18.2 Å². The van der Waals surface area contributed by atoms with E-state index in [0.29, 0.717) is 5.82 Å². The number of fused-ring (bicyclic) bond motifs is 1. The highest BCUT2D eigenvalue weighted by molar-refractivity contribution is 5.87. The molecular formula is C11H14N2O. The maximum absolute atomic E-state index is 5.68. The number of nitrogens with zero attached hydrogens (tertiary/aromatic N) is 1. The number of nitrogens with two attached hydrogens (primary N) is 1. The van der Waals surface area contributed by atoms with Crippen molar-refractivity contribution in [1.29, 1.82) is 0 Å². The van der Waals surface area contributed by atoms with Crippen LogP contribution >= 0.6 is 0 Å². The second-order valence-electron chi connectivity index (χ2n) is 4.53. The van der Waals surface area contributed by atoms with Gasteiger partial charge < -0.3 is 10.3 Å². The second-order valence-corrected chi connectivity index (χ2v) is 4.53. The molecule has 14 heavy (non-hydrogen) atoms. The summed E-state index contributed by atoms with van der Waals surface area (Å²) in [4.78, 5) is 0. The summed E-state index contributed by atoms with van der Waals surface area (Å²) in [5.41, 5.74) is 7.79. The van der Waals surface area contributed by atoms with Crippen LogP contribution in [-0.4, -0.2) is 5.16 Å². The molecule has 0 radical (unpaired) electrons. The number of rotatable bonds is 0. The van der Waals surface area contributed by atoms with Gasteiger partial charge in [-0.1, -0.05) is 32.0 Å². The predicted octanol–water partition coefficient (Wildman–Crippen LogP) is 2.71. The summed E-state index contributed by atoms with van der Waals surface area (Å²) in [5.74, 6) is 0.464. The molecule has 2 aromatic rings. The molecule has 74 valence electrons. The minimum Gasteiger partial charge on any atom is -0.380 e. The molecule has 0 aliphatic heterocycles. The molecule has 0 amide bonds. The second kappa shape index (κ2) is 2.74. The molecule has 1 heterocycles. The minimum atomic E-state index is 0.123. The van der Waals surface area contributed by atoms with Crippen molar-refractivity contribution in [2.24, 2.45) is 0 Å². The van der Waals surface area contributed by atoms with Gasteiger partial charge in [0, 0.05) is 0 Å². The molecule has 0 aliphatic rings. The minimum absolute atomic E-state index is 0.123. The van der Waals surface area contributed by atoms with Gasteiger partial charge in [0.1, 0.15) is 0 Å². The van der Waals surface area contributed by atoms with Crippen LogP contribution in [-0.2, 0) is 5.41 Å². The Balaban J connectivity index is 2.66. The molecule has 3 nitrogen and oxygen atoms in total. The smallest absolute Gasteiger partial charge is 0.174 e. The zero-order valence-electron chi connectivity index (χ0n) is 8.66. The van der Waals surface area contributed by atoms with Crippen LogP contribution in [0.4, 0.5) is 5.82 Å². The summed E-state index contributed by atoms with van der Waals surface area (Å²) < 4.78 is 5.04. The molecule has 0 unspecified atom stereocenters. The summed E-state index contributed by atoms with van der Waals surface area (Å²) in [6.07, 6.45) is 0. The van der Waals surface area contributed by atoms with Crippen LogP contribution in [0.25, 0.3) is 11.0 Å². The van der Waals surface area contributed by atoms with E-state index >= 15 is 0 Å². The quantitative estimate of drug-likeness (QED) is 0.694. The van der Waals surface area contributed by atoms with Gasteiger partial charge >= 0.3 is 0 Å². The van der Waals surface area contributed by atoms with E-state index in [0.717, 1.165) is 11.0 Å². The van der Waals surface area contributed by atoms with Gasteiger partial charge in [0.15, 0.2) is 11.4 Å². The average molecular weight is 190 g/mol. The van der Waals surface area contributed by atoms with E-state index in [4.69, 9.17) is 10.3 Å². The maximum atomic E-state index is 5.68. The lowest BCUT2D eigenvalue weighted by Crippen LogP contribution is -2.10. The van der Waals surface area contributed by atoms with Gasteiger partial charge in [-0.25, -0.2) is 0 Å². The van der Waals surface area contributed by atoms with Crippen molar-refractivity contribution < 1.29 is 4.52 Å². The first-order valence-electron chi connectivity index (χ1n) is 4.64. The molecule has 0 spiro atoms. The van der Waals surface area contributed by atoms with Crippen molar-refractivity contribution >= 4 is 16.8 Å². The molecule has 1 aromatic heterocycles. The average Bonchev–Trinajstić information content (AvgIpc) is 2.46. The van der Waals surface area contributed by atoms with Crippen molar-refractivity contribution in [3.63, 3.8) is 0 Å². The monoisotopic (exact) mass is 190 g/mol. The van der Waals surface area contributed by atoms with Crippen LogP contribution < -0.4 is 5.73 Å². The number of benzene rings is 1. The van der Waals surface area contributed by atoms with Gasteiger partial charge in [0.2, 0.25) is 0 Å². The summed E-state index contributed by atoms with van der Waals surface area (Å²) in [5, 5.41) is 4.62. The van der Waals surface area contributed by atoms with Gasteiger partial charge in [0.05, 0.1) is 5.39 Å². The van der Waals surface area contributed by atoms with Crippen LogP contribution in [0, 0.1) is 0 Å². The van der Waals surface area contributed by atoms with E-state index in [1.165, 1.54) is 5.56 Å². The highest BCUT2D eigenvalue weighted by Gasteiger charge is 2.15. The van der Waals surface area contributed by atoms with Gasteiger partial charge in [-0.2, -0.15) is 0 Å². The van der Waals surface area contributed by atoms with Gasteiger partial charge in [-0.15, -0.1) is 0 Å². The first kappa shape index (κ1) is 9.06. The number of aromatic nitrogens is 1. The van der Waals surface area contributed by atoms with E-state index in [1.54, 1.807) is 0 Å². The Kier molecular flexibility index (Phi) is 1.77. The highest BCUT2D eigenvalue weighted by atomic mass is 16.5. The van der Waals surface area contributed by atoms with Gasteiger partial charge in [-0.3, -0.25) is 0 Å². The fourth-order valence-corrected chi connectivity index (χ4v) is 1.42. The molecule has 0 saturated carbocycles. The Bertz CT molecular complexity index is 466. The van der Waals surface area contributed by atoms with E-state index in [-0.39, 0.29) is 5.41 Å². The molecule has 0 fully saturated rings. The summed E-state index contributed by atoms with van der Waals surface area (Å²) in [6.45, 7) is 6.49. The van der Waals surface area contributed by atoms with Crippen LogP contribution in [0.15, 0.2) is 22.7 Å². The topological polar surface area (TPSA) is 52.0 Å². The lowest BCUT2D eigenvalue weighted by Gasteiger charge is -2.18. The molecule has 2 N–H and O–H groups in total. The van der Waals surface area contributed by atoms with Crippen LogP contribution in [0.1, 0.15) is 26.3 Å². The molecular weight excluding hydrogens is 176 g/mol. The SMILES string of the molecule is CC(C)(C)c1ccc2onc(N)c2c1. The fourth-order valence-electron chi connectivity index (χ4n) is 1.42. The van der Waals surface area contributed by atoms with Crippen LogP contribution in [0.3, 0.4) is 0 Å². The predicted molar refractivity (Wildman–Crippen MR) is 57.1 cm³/mol. The molecule has 0 saturated heterocycles.